The number of piperidine rings is 1. The standard InChI is InChI=1S/C32H33N3O4S.CH4/c1-21-8-9-23-18-29(33-28(23)16-21)31(38)26-19-25(35-13-3-2-4-14-35)10-11-27(26)34-32(39)24-7-5-6-22(17-24)20-40-15-12-30(36)37;/h5-11,16-19,33H,2-4,12-15,20H2,1H3,(H,34,39)(H,36,37);1H4. The van der Waals surface area contributed by atoms with Crippen molar-refractivity contribution in [2.45, 2.75) is 45.8 Å². The Morgan fingerprint density at radius 2 is 1.78 bits per heavy atom. The predicted octanol–water partition coefficient (Wildman–Crippen LogP) is 7.29. The van der Waals surface area contributed by atoms with E-state index < -0.39 is 5.97 Å². The number of aromatic amines is 1. The van der Waals surface area contributed by atoms with Crippen LogP contribution in [0.2, 0.25) is 0 Å². The van der Waals surface area contributed by atoms with Crippen molar-refractivity contribution in [3.05, 3.63) is 94.7 Å². The Morgan fingerprint density at radius 3 is 2.56 bits per heavy atom. The number of H-pyrrole nitrogens is 1. The summed E-state index contributed by atoms with van der Waals surface area (Å²) < 4.78 is 0. The van der Waals surface area contributed by atoms with E-state index in [9.17, 15) is 14.4 Å². The maximum absolute atomic E-state index is 13.9. The number of ketones is 1. The molecule has 0 saturated carbocycles. The highest BCUT2D eigenvalue weighted by Gasteiger charge is 2.21. The van der Waals surface area contributed by atoms with E-state index in [0.29, 0.717) is 34.0 Å². The van der Waals surface area contributed by atoms with Crippen LogP contribution in [0, 0.1) is 6.92 Å². The van der Waals surface area contributed by atoms with Gasteiger partial charge < -0.3 is 20.3 Å². The Bertz CT molecular complexity index is 1560. The predicted molar refractivity (Wildman–Crippen MR) is 169 cm³/mol. The van der Waals surface area contributed by atoms with E-state index >= 15 is 0 Å². The van der Waals surface area contributed by atoms with Gasteiger partial charge in [0.25, 0.3) is 5.91 Å². The fourth-order valence-corrected chi connectivity index (χ4v) is 5.91. The average Bonchev–Trinajstić information content (AvgIpc) is 3.39. The van der Waals surface area contributed by atoms with Crippen molar-refractivity contribution in [2.24, 2.45) is 0 Å². The molecule has 0 bridgehead atoms. The molecule has 7 nitrogen and oxygen atoms in total. The molecule has 0 atom stereocenters. The molecule has 1 fully saturated rings. The third kappa shape index (κ3) is 7.38. The summed E-state index contributed by atoms with van der Waals surface area (Å²) in [5, 5.41) is 12.8. The van der Waals surface area contributed by atoms with Crippen LogP contribution in [0.4, 0.5) is 11.4 Å². The summed E-state index contributed by atoms with van der Waals surface area (Å²) in [6.07, 6.45) is 3.55. The SMILES string of the molecule is C.Cc1ccc2cc(C(=O)c3cc(N4CCCCC4)ccc3NC(=O)c3cccc(CSCCC(=O)O)c3)[nH]c2c1. The molecule has 1 aromatic heterocycles. The average molecular weight is 572 g/mol. The van der Waals surface area contributed by atoms with Crippen LogP contribution in [0.25, 0.3) is 10.9 Å². The number of aliphatic carboxylic acids is 1. The van der Waals surface area contributed by atoms with Gasteiger partial charge in [0.1, 0.15) is 0 Å². The molecular weight excluding hydrogens is 534 g/mol. The summed E-state index contributed by atoms with van der Waals surface area (Å²) in [5.41, 5.74) is 5.80. The number of amides is 1. The van der Waals surface area contributed by atoms with Gasteiger partial charge in [-0.05, 0) is 79.8 Å². The number of fused-ring (bicyclic) bond motifs is 1. The summed E-state index contributed by atoms with van der Waals surface area (Å²) in [6, 6.07) is 20.9. The first-order valence-electron chi connectivity index (χ1n) is 13.6. The molecule has 5 rings (SSSR count). The molecule has 1 aliphatic rings. The number of carboxylic acids is 1. The highest BCUT2D eigenvalue weighted by atomic mass is 32.2. The van der Waals surface area contributed by atoms with Crippen LogP contribution >= 0.6 is 11.8 Å². The first-order chi connectivity index (χ1) is 19.4. The maximum atomic E-state index is 13.9. The summed E-state index contributed by atoms with van der Waals surface area (Å²) in [7, 11) is 0. The molecule has 1 amide bonds. The number of rotatable bonds is 10. The number of nitrogens with zero attached hydrogens (tertiary/aromatic N) is 1. The van der Waals surface area contributed by atoms with Gasteiger partial charge in [-0.25, -0.2) is 0 Å². The zero-order valence-electron chi connectivity index (χ0n) is 22.5. The lowest BCUT2D eigenvalue weighted by Gasteiger charge is -2.29. The lowest BCUT2D eigenvalue weighted by atomic mass is 10.0. The molecule has 3 aromatic carbocycles. The van der Waals surface area contributed by atoms with Crippen LogP contribution in [0.5, 0.6) is 0 Å². The summed E-state index contributed by atoms with van der Waals surface area (Å²) in [5.74, 6) is -0.174. The van der Waals surface area contributed by atoms with E-state index in [1.54, 1.807) is 6.07 Å². The van der Waals surface area contributed by atoms with Crippen molar-refractivity contribution in [3.8, 4) is 0 Å². The van der Waals surface area contributed by atoms with Crippen molar-refractivity contribution in [2.75, 3.05) is 29.1 Å². The van der Waals surface area contributed by atoms with E-state index in [4.69, 9.17) is 5.11 Å². The van der Waals surface area contributed by atoms with Gasteiger partial charge >= 0.3 is 5.97 Å². The number of aromatic nitrogens is 1. The minimum Gasteiger partial charge on any atom is -0.481 e. The van der Waals surface area contributed by atoms with Crippen molar-refractivity contribution in [1.29, 1.82) is 0 Å². The van der Waals surface area contributed by atoms with Gasteiger partial charge in [0.2, 0.25) is 5.78 Å². The third-order valence-corrected chi connectivity index (χ3v) is 8.19. The minimum absolute atomic E-state index is 0. The fraction of sp³-hybridized carbons (Fsp3) is 0.303. The molecular formula is C33H37N3O4S. The number of thioether (sulfide) groups is 1. The Balaban J connectivity index is 0.00000387. The van der Waals surface area contributed by atoms with Crippen LogP contribution < -0.4 is 10.2 Å². The number of anilines is 2. The lowest BCUT2D eigenvalue weighted by molar-refractivity contribution is -0.136. The number of aryl methyl sites for hydroxylation is 1. The number of carboxylic acid groups (broad SMARTS) is 1. The number of nitrogens with one attached hydrogen (secondary N) is 2. The Hall–Kier alpha value is -4.04. The molecule has 0 unspecified atom stereocenters. The second-order valence-corrected chi connectivity index (χ2v) is 11.3. The van der Waals surface area contributed by atoms with Crippen molar-refractivity contribution in [1.82, 2.24) is 4.98 Å². The third-order valence-electron chi connectivity index (χ3n) is 7.16. The molecule has 0 aliphatic carbocycles. The van der Waals surface area contributed by atoms with Gasteiger partial charge in [-0.15, -0.1) is 0 Å². The smallest absolute Gasteiger partial charge is 0.304 e. The van der Waals surface area contributed by atoms with Crippen LogP contribution in [0.1, 0.15) is 70.6 Å². The minimum atomic E-state index is -0.820. The highest BCUT2D eigenvalue weighted by Crippen LogP contribution is 2.29. The van der Waals surface area contributed by atoms with Gasteiger partial charge in [-0.2, -0.15) is 11.8 Å². The van der Waals surface area contributed by atoms with E-state index in [1.165, 1.54) is 18.2 Å². The Morgan fingerprint density at radius 1 is 0.976 bits per heavy atom. The zero-order valence-corrected chi connectivity index (χ0v) is 23.4. The first-order valence-corrected chi connectivity index (χ1v) is 14.8. The van der Waals surface area contributed by atoms with E-state index in [1.807, 2.05) is 67.6 Å². The second-order valence-electron chi connectivity index (χ2n) is 10.2. The number of carbonyl (C=O) groups is 3. The molecule has 0 spiro atoms. The summed E-state index contributed by atoms with van der Waals surface area (Å²) in [6.45, 7) is 3.91. The van der Waals surface area contributed by atoms with E-state index in [0.717, 1.165) is 53.6 Å². The maximum Gasteiger partial charge on any atom is 0.304 e. The van der Waals surface area contributed by atoms with E-state index in [2.05, 4.69) is 15.2 Å². The molecule has 8 heteroatoms. The lowest BCUT2D eigenvalue weighted by Crippen LogP contribution is -2.29. The van der Waals surface area contributed by atoms with Crippen LogP contribution in [0.3, 0.4) is 0 Å². The van der Waals surface area contributed by atoms with Crippen molar-refractivity contribution >= 4 is 51.7 Å². The Kier molecular flexibility index (Phi) is 9.89. The summed E-state index contributed by atoms with van der Waals surface area (Å²) >= 11 is 1.52. The Labute approximate surface area is 245 Å². The van der Waals surface area contributed by atoms with Crippen LogP contribution in [0.15, 0.2) is 66.7 Å². The van der Waals surface area contributed by atoms with Gasteiger partial charge in [-0.3, -0.25) is 14.4 Å². The molecule has 4 aromatic rings. The van der Waals surface area contributed by atoms with E-state index in [-0.39, 0.29) is 25.5 Å². The summed E-state index contributed by atoms with van der Waals surface area (Å²) in [4.78, 5) is 43.6. The molecule has 0 radical (unpaired) electrons. The van der Waals surface area contributed by atoms with Crippen molar-refractivity contribution in [3.63, 3.8) is 0 Å². The second kappa shape index (κ2) is 13.5. The topological polar surface area (TPSA) is 102 Å². The molecule has 1 aliphatic heterocycles. The number of carbonyl (C=O) groups excluding carboxylic acids is 2. The molecule has 41 heavy (non-hydrogen) atoms. The van der Waals surface area contributed by atoms with Gasteiger partial charge in [0.15, 0.2) is 0 Å². The number of hydrogen-bond donors (Lipinski definition) is 3. The van der Waals surface area contributed by atoms with Crippen LogP contribution in [-0.2, 0) is 10.5 Å². The van der Waals surface area contributed by atoms with Crippen LogP contribution in [-0.4, -0.2) is 46.6 Å². The fourth-order valence-electron chi connectivity index (χ4n) is 5.03. The number of benzene rings is 3. The van der Waals surface area contributed by atoms with Gasteiger partial charge in [0.05, 0.1) is 17.8 Å². The monoisotopic (exact) mass is 571 g/mol. The first kappa shape index (κ1) is 29.9. The molecule has 1 saturated heterocycles. The molecule has 2 heterocycles. The molecule has 3 N–H and O–H groups in total. The number of hydrogen-bond acceptors (Lipinski definition) is 5. The zero-order chi connectivity index (χ0) is 28.1. The van der Waals surface area contributed by atoms with Crippen molar-refractivity contribution < 1.29 is 19.5 Å². The van der Waals surface area contributed by atoms with Gasteiger partial charge in [-0.1, -0.05) is 31.7 Å². The normalized spacial score (nSPS) is 13.0. The largest absolute Gasteiger partial charge is 0.481 e. The highest BCUT2D eigenvalue weighted by molar-refractivity contribution is 7.98. The quantitative estimate of drug-likeness (QED) is 0.136. The van der Waals surface area contributed by atoms with Gasteiger partial charge in [0, 0.05) is 52.3 Å². The molecule has 214 valence electrons.